The lowest BCUT2D eigenvalue weighted by Gasteiger charge is -2.28. The molecular formula is C11H21N3O3. The molecule has 0 atom stereocenters. The summed E-state index contributed by atoms with van der Waals surface area (Å²) in [4.78, 5) is 25.9. The van der Waals surface area contributed by atoms with Crippen LogP contribution < -0.4 is 5.32 Å². The van der Waals surface area contributed by atoms with Gasteiger partial charge in [-0.3, -0.25) is 14.5 Å². The Balaban J connectivity index is 2.18. The van der Waals surface area contributed by atoms with Gasteiger partial charge < -0.3 is 15.3 Å². The highest BCUT2D eigenvalue weighted by atomic mass is 16.4. The van der Waals surface area contributed by atoms with E-state index in [2.05, 4.69) is 10.2 Å². The fraction of sp³-hybridized carbons (Fsp3) is 0.818. The van der Waals surface area contributed by atoms with Crippen LogP contribution in [0.1, 0.15) is 12.8 Å². The highest BCUT2D eigenvalue weighted by Gasteiger charge is 2.16. The van der Waals surface area contributed by atoms with E-state index in [9.17, 15) is 9.59 Å². The SMILES string of the molecule is CN(CCCC(=O)O)C(=O)CN1CCNCC1. The number of carboxylic acid groups (broad SMARTS) is 1. The summed E-state index contributed by atoms with van der Waals surface area (Å²) in [6.07, 6.45) is 0.629. The van der Waals surface area contributed by atoms with Crippen molar-refractivity contribution in [2.24, 2.45) is 0 Å². The summed E-state index contributed by atoms with van der Waals surface area (Å²) in [6.45, 7) is 4.60. The number of carbonyl (C=O) groups excluding carboxylic acids is 1. The summed E-state index contributed by atoms with van der Waals surface area (Å²) in [5, 5.41) is 11.7. The zero-order chi connectivity index (χ0) is 12.7. The van der Waals surface area contributed by atoms with Gasteiger partial charge in [-0.15, -0.1) is 0 Å². The Morgan fingerprint density at radius 2 is 2.00 bits per heavy atom. The lowest BCUT2D eigenvalue weighted by atomic mass is 10.3. The zero-order valence-corrected chi connectivity index (χ0v) is 10.3. The molecular weight excluding hydrogens is 222 g/mol. The Kier molecular flexibility index (Phi) is 5.93. The van der Waals surface area contributed by atoms with E-state index in [1.165, 1.54) is 0 Å². The molecule has 1 fully saturated rings. The number of rotatable bonds is 6. The molecule has 1 aliphatic heterocycles. The van der Waals surface area contributed by atoms with Crippen LogP contribution in [0.3, 0.4) is 0 Å². The largest absolute Gasteiger partial charge is 0.481 e. The maximum atomic E-state index is 11.8. The first kappa shape index (κ1) is 13.9. The van der Waals surface area contributed by atoms with Gasteiger partial charge in [0.25, 0.3) is 0 Å². The van der Waals surface area contributed by atoms with Crippen molar-refractivity contribution in [1.82, 2.24) is 15.1 Å². The summed E-state index contributed by atoms with van der Waals surface area (Å²) in [5.74, 6) is -0.745. The predicted molar refractivity (Wildman–Crippen MR) is 63.8 cm³/mol. The van der Waals surface area contributed by atoms with E-state index in [-0.39, 0.29) is 12.3 Å². The molecule has 0 saturated carbocycles. The normalized spacial score (nSPS) is 16.8. The molecule has 0 bridgehead atoms. The second-order valence-corrected chi connectivity index (χ2v) is 4.34. The number of piperazine rings is 1. The number of hydrogen-bond donors (Lipinski definition) is 2. The maximum absolute atomic E-state index is 11.8. The summed E-state index contributed by atoms with van der Waals surface area (Å²) >= 11 is 0. The third-order valence-electron chi connectivity index (χ3n) is 2.88. The van der Waals surface area contributed by atoms with Gasteiger partial charge in [0.2, 0.25) is 5.91 Å². The molecule has 1 amide bonds. The first-order valence-electron chi connectivity index (χ1n) is 5.98. The highest BCUT2D eigenvalue weighted by molar-refractivity contribution is 5.78. The summed E-state index contributed by atoms with van der Waals surface area (Å²) < 4.78 is 0. The van der Waals surface area contributed by atoms with E-state index in [4.69, 9.17) is 5.11 Å². The highest BCUT2D eigenvalue weighted by Crippen LogP contribution is 1.97. The molecule has 0 aliphatic carbocycles. The lowest BCUT2D eigenvalue weighted by molar-refractivity contribution is -0.138. The molecule has 0 aromatic carbocycles. The molecule has 17 heavy (non-hydrogen) atoms. The van der Waals surface area contributed by atoms with Crippen molar-refractivity contribution in [2.75, 3.05) is 46.3 Å². The molecule has 2 N–H and O–H groups in total. The van der Waals surface area contributed by atoms with Crippen LogP contribution in [-0.4, -0.2) is 73.1 Å². The van der Waals surface area contributed by atoms with E-state index in [0.717, 1.165) is 26.2 Å². The van der Waals surface area contributed by atoms with E-state index < -0.39 is 5.97 Å². The van der Waals surface area contributed by atoms with Gasteiger partial charge in [0, 0.05) is 46.2 Å². The van der Waals surface area contributed by atoms with Crippen LogP contribution in [0.4, 0.5) is 0 Å². The zero-order valence-electron chi connectivity index (χ0n) is 10.3. The van der Waals surface area contributed by atoms with E-state index >= 15 is 0 Å². The van der Waals surface area contributed by atoms with Gasteiger partial charge in [0.1, 0.15) is 0 Å². The van der Waals surface area contributed by atoms with Crippen molar-refractivity contribution in [3.05, 3.63) is 0 Å². The van der Waals surface area contributed by atoms with Crippen LogP contribution in [0.25, 0.3) is 0 Å². The second-order valence-electron chi connectivity index (χ2n) is 4.34. The van der Waals surface area contributed by atoms with Gasteiger partial charge >= 0.3 is 5.97 Å². The van der Waals surface area contributed by atoms with E-state index in [1.807, 2.05) is 0 Å². The number of aliphatic carboxylic acids is 1. The predicted octanol–water partition coefficient (Wildman–Crippen LogP) is -0.785. The average Bonchev–Trinajstić information content (AvgIpc) is 2.29. The molecule has 0 aromatic rings. The summed E-state index contributed by atoms with van der Waals surface area (Å²) in [7, 11) is 1.73. The molecule has 1 heterocycles. The molecule has 0 spiro atoms. The molecule has 98 valence electrons. The number of nitrogens with zero attached hydrogens (tertiary/aromatic N) is 2. The number of hydrogen-bond acceptors (Lipinski definition) is 4. The second kappa shape index (κ2) is 7.24. The number of carboxylic acids is 1. The summed E-state index contributed by atoms with van der Waals surface area (Å²) in [6, 6.07) is 0. The standard InChI is InChI=1S/C11H21N3O3/c1-13(6-2-3-11(16)17)10(15)9-14-7-4-12-5-8-14/h12H,2-9H2,1H3,(H,16,17). The molecule has 0 radical (unpaired) electrons. The molecule has 6 nitrogen and oxygen atoms in total. The first-order valence-corrected chi connectivity index (χ1v) is 5.98. The summed E-state index contributed by atoms with van der Waals surface area (Å²) in [5.41, 5.74) is 0. The van der Waals surface area contributed by atoms with Crippen molar-refractivity contribution in [2.45, 2.75) is 12.8 Å². The van der Waals surface area contributed by atoms with E-state index in [1.54, 1.807) is 11.9 Å². The Morgan fingerprint density at radius 1 is 1.35 bits per heavy atom. The van der Waals surface area contributed by atoms with Crippen molar-refractivity contribution in [1.29, 1.82) is 0 Å². The molecule has 1 saturated heterocycles. The van der Waals surface area contributed by atoms with Crippen molar-refractivity contribution in [3.8, 4) is 0 Å². The van der Waals surface area contributed by atoms with Gasteiger partial charge in [0.05, 0.1) is 6.54 Å². The van der Waals surface area contributed by atoms with Gasteiger partial charge in [-0.25, -0.2) is 0 Å². The Bertz CT molecular complexity index is 265. The third-order valence-corrected chi connectivity index (χ3v) is 2.88. The third kappa shape index (κ3) is 5.65. The van der Waals surface area contributed by atoms with Crippen LogP contribution in [-0.2, 0) is 9.59 Å². The van der Waals surface area contributed by atoms with Crippen molar-refractivity contribution < 1.29 is 14.7 Å². The molecule has 1 rings (SSSR count). The minimum atomic E-state index is -0.812. The first-order chi connectivity index (χ1) is 8.09. The molecule has 6 heteroatoms. The number of likely N-dealkylation sites (N-methyl/N-ethyl adjacent to an activating group) is 1. The maximum Gasteiger partial charge on any atom is 0.303 e. The van der Waals surface area contributed by atoms with Crippen molar-refractivity contribution >= 4 is 11.9 Å². The minimum absolute atomic E-state index is 0.0669. The van der Waals surface area contributed by atoms with Gasteiger partial charge in [-0.05, 0) is 6.42 Å². The Hall–Kier alpha value is -1.14. The lowest BCUT2D eigenvalue weighted by Crippen LogP contribution is -2.47. The molecule has 0 unspecified atom stereocenters. The van der Waals surface area contributed by atoms with Crippen LogP contribution in [0.2, 0.25) is 0 Å². The number of nitrogens with one attached hydrogen (secondary N) is 1. The quantitative estimate of drug-likeness (QED) is 0.640. The number of amides is 1. The average molecular weight is 243 g/mol. The van der Waals surface area contributed by atoms with Gasteiger partial charge in [-0.1, -0.05) is 0 Å². The Morgan fingerprint density at radius 3 is 2.59 bits per heavy atom. The van der Waals surface area contributed by atoms with Crippen LogP contribution in [0.15, 0.2) is 0 Å². The van der Waals surface area contributed by atoms with Gasteiger partial charge in [-0.2, -0.15) is 0 Å². The minimum Gasteiger partial charge on any atom is -0.481 e. The van der Waals surface area contributed by atoms with Gasteiger partial charge in [0.15, 0.2) is 0 Å². The molecule has 0 aromatic heterocycles. The fourth-order valence-corrected chi connectivity index (χ4v) is 1.77. The monoisotopic (exact) mass is 243 g/mol. The smallest absolute Gasteiger partial charge is 0.303 e. The molecule has 1 aliphatic rings. The Labute approximate surface area is 102 Å². The van der Waals surface area contributed by atoms with Crippen LogP contribution in [0, 0.1) is 0 Å². The van der Waals surface area contributed by atoms with Crippen molar-refractivity contribution in [3.63, 3.8) is 0 Å². The number of carbonyl (C=O) groups is 2. The fourth-order valence-electron chi connectivity index (χ4n) is 1.77. The van der Waals surface area contributed by atoms with Crippen LogP contribution >= 0.6 is 0 Å². The van der Waals surface area contributed by atoms with Crippen LogP contribution in [0.5, 0.6) is 0 Å². The van der Waals surface area contributed by atoms with E-state index in [0.29, 0.717) is 19.5 Å². The topological polar surface area (TPSA) is 72.9 Å².